The van der Waals surface area contributed by atoms with E-state index in [-0.39, 0.29) is 22.4 Å². The Bertz CT molecular complexity index is 1640. The first kappa shape index (κ1) is 26.7. The molecule has 0 saturated heterocycles. The van der Waals surface area contributed by atoms with Crippen molar-refractivity contribution >= 4 is 34.1 Å². The van der Waals surface area contributed by atoms with Crippen molar-refractivity contribution in [2.75, 3.05) is 9.80 Å². The summed E-state index contributed by atoms with van der Waals surface area (Å²) in [6.45, 7) is 2.15. The van der Waals surface area contributed by atoms with Gasteiger partial charge in [0.15, 0.2) is 0 Å². The summed E-state index contributed by atoms with van der Waals surface area (Å²) in [4.78, 5) is 4.45. The fourth-order valence-corrected chi connectivity index (χ4v) is 5.38. The Morgan fingerprint density at radius 2 is 0.707 bits per heavy atom. The topological polar surface area (TPSA) is 20.6 Å². The number of para-hydroxylation sites is 6. The maximum Gasteiger partial charge on any atom is 0.0345 e. The van der Waals surface area contributed by atoms with E-state index in [4.69, 9.17) is 5.32 Å². The molecule has 6 aromatic rings. The minimum absolute atomic E-state index is 0. The van der Waals surface area contributed by atoms with Crippen LogP contribution in [0.15, 0.2) is 158 Å². The Labute approximate surface area is 257 Å². The van der Waals surface area contributed by atoms with Gasteiger partial charge in [-0.05, 0) is 58.7 Å². The fraction of sp³-hybridized carbons (Fsp3) is 0. The minimum Gasteiger partial charge on any atom is -0.657 e. The number of hydrogen-bond acceptors (Lipinski definition) is 2. The van der Waals surface area contributed by atoms with Gasteiger partial charge in [0.2, 0.25) is 0 Å². The van der Waals surface area contributed by atoms with Crippen LogP contribution in [0.5, 0.6) is 0 Å². The van der Waals surface area contributed by atoms with Crippen LogP contribution < -0.4 is 9.80 Å². The van der Waals surface area contributed by atoms with Crippen molar-refractivity contribution in [3.63, 3.8) is 0 Å². The molecule has 0 aliphatic carbocycles. The molecule has 2 aliphatic rings. The SMILES string of the molecule is [Au].c1ccc(N2[CH-]N(c3ccccc3)c3ccccc32)cc1.c1ccc2c(c1)[N-]c1ccccc1-c1ccccc1-2. The third-order valence-corrected chi connectivity index (χ3v) is 7.26. The van der Waals surface area contributed by atoms with E-state index in [1.54, 1.807) is 0 Å². The van der Waals surface area contributed by atoms with E-state index in [9.17, 15) is 0 Å². The molecule has 0 bridgehead atoms. The van der Waals surface area contributed by atoms with Gasteiger partial charge >= 0.3 is 0 Å². The molecular weight excluding hydrogens is 683 g/mol. The Hall–Kier alpha value is -4.54. The third-order valence-electron chi connectivity index (χ3n) is 7.26. The van der Waals surface area contributed by atoms with Crippen LogP contribution in [0.3, 0.4) is 0 Å². The summed E-state index contributed by atoms with van der Waals surface area (Å²) in [7, 11) is 0. The molecule has 0 saturated carbocycles. The third kappa shape index (κ3) is 5.19. The van der Waals surface area contributed by atoms with Crippen molar-refractivity contribution in [2.45, 2.75) is 0 Å². The molecule has 8 rings (SSSR count). The van der Waals surface area contributed by atoms with Crippen LogP contribution in [-0.2, 0) is 22.4 Å². The van der Waals surface area contributed by atoms with E-state index in [0.717, 1.165) is 11.4 Å². The Kier molecular flexibility index (Phi) is 7.75. The van der Waals surface area contributed by atoms with Gasteiger partial charge in [-0.1, -0.05) is 121 Å². The van der Waals surface area contributed by atoms with Crippen molar-refractivity contribution in [1.29, 1.82) is 0 Å². The zero-order valence-electron chi connectivity index (χ0n) is 22.2. The maximum atomic E-state index is 4.82. The van der Waals surface area contributed by atoms with E-state index >= 15 is 0 Å². The fourth-order valence-electron chi connectivity index (χ4n) is 5.38. The molecule has 6 aromatic carbocycles. The normalized spacial score (nSPS) is 12.2. The second-order valence-electron chi connectivity index (χ2n) is 9.71. The Balaban J connectivity index is 0.000000145. The van der Waals surface area contributed by atoms with Crippen LogP contribution in [0.2, 0.25) is 0 Å². The predicted molar refractivity (Wildman–Crippen MR) is 168 cm³/mol. The smallest absolute Gasteiger partial charge is 0.0345 e. The summed E-state index contributed by atoms with van der Waals surface area (Å²) in [6.07, 6.45) is 0. The molecule has 0 fully saturated rings. The molecular formula is C37H27AuN3-2. The summed E-state index contributed by atoms with van der Waals surface area (Å²) in [6, 6.07) is 54.5. The molecule has 0 amide bonds. The molecule has 0 aromatic heterocycles. The zero-order chi connectivity index (χ0) is 26.7. The summed E-state index contributed by atoms with van der Waals surface area (Å²) in [5, 5.41) is 4.82. The number of nitrogens with zero attached hydrogens (tertiary/aromatic N) is 3. The molecule has 0 unspecified atom stereocenters. The number of hydrogen-bond donors (Lipinski definition) is 0. The second kappa shape index (κ2) is 11.9. The Morgan fingerprint density at radius 3 is 1.15 bits per heavy atom. The van der Waals surface area contributed by atoms with E-state index in [2.05, 4.69) is 150 Å². The summed E-state index contributed by atoms with van der Waals surface area (Å²) < 4.78 is 0. The number of anilines is 4. The van der Waals surface area contributed by atoms with Crippen molar-refractivity contribution in [3.8, 4) is 22.3 Å². The van der Waals surface area contributed by atoms with Gasteiger partial charge in [-0.3, -0.25) is 0 Å². The molecule has 2 aliphatic heterocycles. The van der Waals surface area contributed by atoms with Crippen molar-refractivity contribution in [2.24, 2.45) is 0 Å². The largest absolute Gasteiger partial charge is 0.657 e. The van der Waals surface area contributed by atoms with Crippen LogP contribution in [-0.4, -0.2) is 0 Å². The molecule has 0 spiro atoms. The number of rotatable bonds is 2. The molecule has 1 radical (unpaired) electrons. The zero-order valence-corrected chi connectivity index (χ0v) is 24.4. The van der Waals surface area contributed by atoms with Crippen molar-refractivity contribution in [1.82, 2.24) is 0 Å². The summed E-state index contributed by atoms with van der Waals surface area (Å²) in [5.41, 5.74) is 11.7. The second-order valence-corrected chi connectivity index (χ2v) is 9.71. The molecule has 0 atom stereocenters. The molecule has 2 heterocycles. The van der Waals surface area contributed by atoms with Gasteiger partial charge in [-0.2, -0.15) is 0 Å². The molecule has 41 heavy (non-hydrogen) atoms. The maximum absolute atomic E-state index is 4.82. The van der Waals surface area contributed by atoms with Crippen molar-refractivity contribution in [3.05, 3.63) is 170 Å². The molecule has 0 N–H and O–H groups in total. The quantitative estimate of drug-likeness (QED) is 0.132. The van der Waals surface area contributed by atoms with Gasteiger partial charge in [0.1, 0.15) is 0 Å². The summed E-state index contributed by atoms with van der Waals surface area (Å²) >= 11 is 0. The van der Waals surface area contributed by atoms with E-state index in [0.29, 0.717) is 0 Å². The Morgan fingerprint density at radius 1 is 0.366 bits per heavy atom. The van der Waals surface area contributed by atoms with Gasteiger partial charge in [0, 0.05) is 45.1 Å². The van der Waals surface area contributed by atoms with Gasteiger partial charge < -0.3 is 15.1 Å². The minimum atomic E-state index is 0. The first-order valence-electron chi connectivity index (χ1n) is 13.5. The standard InChI is InChI=1S/C19H15N2.C18H12N.Au/c1-3-9-16(10-4-1)20-15-21(17-11-5-2-6-12-17)19-14-8-7-13-18(19)20;1-2-8-14-13(7-1)15-9-3-5-11-17(15)19-18-12-6-4-10-16(14)18;/h1-15H;1-12H;/q2*-1;. The predicted octanol–water partition coefficient (Wildman–Crippen LogP) is 10.8. The first-order valence-corrected chi connectivity index (χ1v) is 13.5. The molecule has 3 nitrogen and oxygen atoms in total. The van der Waals surface area contributed by atoms with E-state index in [1.165, 1.54) is 45.0 Å². The summed E-state index contributed by atoms with van der Waals surface area (Å²) in [5.74, 6) is 0. The monoisotopic (exact) mass is 710 g/mol. The van der Waals surface area contributed by atoms with Crippen LogP contribution in [0.25, 0.3) is 27.6 Å². The first-order chi connectivity index (χ1) is 19.9. The van der Waals surface area contributed by atoms with Crippen molar-refractivity contribution < 1.29 is 22.4 Å². The van der Waals surface area contributed by atoms with Crippen LogP contribution >= 0.6 is 0 Å². The number of benzene rings is 6. The average molecular weight is 711 g/mol. The van der Waals surface area contributed by atoms with Gasteiger partial charge in [-0.15, -0.1) is 18.0 Å². The molecule has 4 heteroatoms. The van der Waals surface area contributed by atoms with Gasteiger partial charge in [0.05, 0.1) is 0 Å². The van der Waals surface area contributed by atoms with Crippen LogP contribution in [0, 0.1) is 6.67 Å². The van der Waals surface area contributed by atoms with Crippen LogP contribution in [0.1, 0.15) is 0 Å². The average Bonchev–Trinajstić information content (AvgIpc) is 3.36. The van der Waals surface area contributed by atoms with E-state index < -0.39 is 0 Å². The van der Waals surface area contributed by atoms with Gasteiger partial charge in [0.25, 0.3) is 0 Å². The van der Waals surface area contributed by atoms with E-state index in [1.807, 2.05) is 24.3 Å². The van der Waals surface area contributed by atoms with Crippen LogP contribution in [0.4, 0.5) is 34.1 Å². The van der Waals surface area contributed by atoms with Gasteiger partial charge in [-0.25, -0.2) is 0 Å². The molecule has 203 valence electrons. The number of fused-ring (bicyclic) bond motifs is 6.